The Morgan fingerprint density at radius 3 is 2.16 bits per heavy atom. The second-order valence-electron chi connectivity index (χ2n) is 10.1. The fourth-order valence-corrected chi connectivity index (χ4v) is 4.77. The predicted molar refractivity (Wildman–Crippen MR) is 138 cm³/mol. The maximum atomic E-state index is 12.6. The first-order valence-corrected chi connectivity index (χ1v) is 15.7. The standard InChI is InChI=1S/C24H37NO3S2Si/c1-23(2,3)30(26)25-22(20-14-17-29-18-20)19-10-12-21(13-11-19)27-15-9-16-28-31(7,8)24(4,5)6/h10-14,17-18H,9,15-16H2,1-8H3/b25-22-. The van der Waals surface area contributed by atoms with Crippen molar-refractivity contribution in [1.29, 1.82) is 0 Å². The van der Waals surface area contributed by atoms with Crippen molar-refractivity contribution < 1.29 is 13.4 Å². The summed E-state index contributed by atoms with van der Waals surface area (Å²) in [6.07, 6.45) is 0.862. The molecule has 2 aromatic rings. The molecule has 0 bridgehead atoms. The lowest BCUT2D eigenvalue weighted by Gasteiger charge is -2.36. The van der Waals surface area contributed by atoms with Gasteiger partial charge >= 0.3 is 0 Å². The maximum absolute atomic E-state index is 12.6. The monoisotopic (exact) mass is 479 g/mol. The predicted octanol–water partition coefficient (Wildman–Crippen LogP) is 6.84. The number of thiophene rings is 1. The first-order chi connectivity index (χ1) is 14.3. The third-order valence-electron chi connectivity index (χ3n) is 5.45. The van der Waals surface area contributed by atoms with Crippen molar-refractivity contribution in [2.75, 3.05) is 13.2 Å². The molecule has 0 aliphatic carbocycles. The SMILES string of the molecule is CC(C)(C)S(=O)/N=C(/c1ccc(OCCCO[Si](C)(C)C(C)(C)C)cc1)c1ccsc1. The Kier molecular flexibility index (Phi) is 8.84. The normalized spacial score (nSPS) is 14.5. The average molecular weight is 480 g/mol. The van der Waals surface area contributed by atoms with Crippen LogP contribution < -0.4 is 4.74 Å². The Morgan fingerprint density at radius 2 is 1.65 bits per heavy atom. The van der Waals surface area contributed by atoms with Gasteiger partial charge in [0.15, 0.2) is 8.32 Å². The summed E-state index contributed by atoms with van der Waals surface area (Å²) in [4.78, 5) is 0. The highest BCUT2D eigenvalue weighted by Crippen LogP contribution is 2.36. The van der Waals surface area contributed by atoms with Crippen LogP contribution in [0.4, 0.5) is 0 Å². The van der Waals surface area contributed by atoms with Crippen LogP contribution in [-0.4, -0.2) is 36.2 Å². The van der Waals surface area contributed by atoms with E-state index >= 15 is 0 Å². The van der Waals surface area contributed by atoms with Crippen molar-refractivity contribution >= 4 is 36.4 Å². The maximum Gasteiger partial charge on any atom is 0.191 e. The molecule has 0 aliphatic rings. The minimum atomic E-state index is -1.70. The van der Waals surface area contributed by atoms with Gasteiger partial charge in [0.05, 0.1) is 17.1 Å². The third kappa shape index (κ3) is 7.66. The van der Waals surface area contributed by atoms with Crippen LogP contribution in [0.1, 0.15) is 59.1 Å². The minimum Gasteiger partial charge on any atom is -0.494 e. The quantitative estimate of drug-likeness (QED) is 0.225. The van der Waals surface area contributed by atoms with Gasteiger partial charge in [0, 0.05) is 29.5 Å². The largest absolute Gasteiger partial charge is 0.494 e. The zero-order valence-corrected chi connectivity index (χ0v) is 22.8. The topological polar surface area (TPSA) is 47.9 Å². The molecule has 1 aromatic carbocycles. The van der Waals surface area contributed by atoms with Crippen LogP contribution >= 0.6 is 11.3 Å². The lowest BCUT2D eigenvalue weighted by atomic mass is 10.1. The van der Waals surface area contributed by atoms with E-state index in [0.29, 0.717) is 6.61 Å². The van der Waals surface area contributed by atoms with Gasteiger partial charge in [-0.25, -0.2) is 4.21 Å². The summed E-state index contributed by atoms with van der Waals surface area (Å²) in [7, 11) is -3.03. The van der Waals surface area contributed by atoms with Crippen molar-refractivity contribution in [3.05, 3.63) is 52.2 Å². The molecule has 7 heteroatoms. The van der Waals surface area contributed by atoms with E-state index in [-0.39, 0.29) is 5.04 Å². The molecule has 4 nitrogen and oxygen atoms in total. The summed E-state index contributed by atoms with van der Waals surface area (Å²) in [5.41, 5.74) is 2.67. The molecule has 0 N–H and O–H groups in total. The van der Waals surface area contributed by atoms with Crippen LogP contribution in [-0.2, 0) is 15.4 Å². The number of benzene rings is 1. The van der Waals surface area contributed by atoms with Gasteiger partial charge in [-0.1, -0.05) is 20.8 Å². The minimum absolute atomic E-state index is 0.224. The first-order valence-electron chi connectivity index (χ1n) is 10.7. The third-order valence-corrected chi connectivity index (χ3v) is 12.1. The van der Waals surface area contributed by atoms with Crippen molar-refractivity contribution in [1.82, 2.24) is 0 Å². The molecule has 172 valence electrons. The van der Waals surface area contributed by atoms with Crippen molar-refractivity contribution in [2.24, 2.45) is 4.40 Å². The summed E-state index contributed by atoms with van der Waals surface area (Å²) in [6.45, 7) is 18.4. The van der Waals surface area contributed by atoms with Crippen LogP contribution in [0.25, 0.3) is 0 Å². The lowest BCUT2D eigenvalue weighted by molar-refractivity contribution is 0.234. The van der Waals surface area contributed by atoms with Gasteiger partial charge in [-0.2, -0.15) is 15.7 Å². The highest BCUT2D eigenvalue weighted by atomic mass is 32.2. The van der Waals surface area contributed by atoms with Gasteiger partial charge < -0.3 is 9.16 Å². The number of hydrogen-bond donors (Lipinski definition) is 0. The smallest absolute Gasteiger partial charge is 0.191 e. The molecule has 2 rings (SSSR count). The van der Waals surface area contributed by atoms with Gasteiger partial charge in [-0.05, 0) is 74.6 Å². The van der Waals surface area contributed by atoms with E-state index in [2.05, 4.69) is 38.3 Å². The van der Waals surface area contributed by atoms with Crippen molar-refractivity contribution in [2.45, 2.75) is 70.8 Å². The molecule has 0 fully saturated rings. The molecule has 0 amide bonds. The van der Waals surface area contributed by atoms with Crippen molar-refractivity contribution in [3.8, 4) is 5.75 Å². The molecule has 1 heterocycles. The molecule has 1 atom stereocenters. The molecular formula is C24H37NO3S2Si. The summed E-state index contributed by atoms with van der Waals surface area (Å²) in [6, 6.07) is 9.88. The summed E-state index contributed by atoms with van der Waals surface area (Å²) >= 11 is 1.61. The number of nitrogens with zero attached hydrogens (tertiary/aromatic N) is 1. The van der Waals surface area contributed by atoms with Crippen LogP contribution in [0.5, 0.6) is 5.75 Å². The van der Waals surface area contributed by atoms with Gasteiger partial charge in [0.25, 0.3) is 0 Å². The molecule has 0 saturated heterocycles. The van der Waals surface area contributed by atoms with Gasteiger partial charge in [0.2, 0.25) is 0 Å². The summed E-state index contributed by atoms with van der Waals surface area (Å²) in [5.74, 6) is 0.817. The van der Waals surface area contributed by atoms with Gasteiger partial charge in [-0.3, -0.25) is 0 Å². The van der Waals surface area contributed by atoms with E-state index in [9.17, 15) is 4.21 Å². The van der Waals surface area contributed by atoms with E-state index < -0.39 is 24.1 Å². The van der Waals surface area contributed by atoms with Gasteiger partial charge in [-0.15, -0.1) is 0 Å². The lowest BCUT2D eigenvalue weighted by Crippen LogP contribution is -2.41. The van der Waals surface area contributed by atoms with Crippen LogP contribution in [0, 0.1) is 0 Å². The van der Waals surface area contributed by atoms with Crippen LogP contribution in [0.15, 0.2) is 45.5 Å². The second kappa shape index (κ2) is 10.6. The molecule has 0 spiro atoms. The molecule has 0 saturated carbocycles. The van der Waals surface area contributed by atoms with E-state index in [1.807, 2.05) is 61.9 Å². The van der Waals surface area contributed by atoms with Crippen LogP contribution in [0.2, 0.25) is 18.1 Å². The number of hydrogen-bond acceptors (Lipinski definition) is 4. The Bertz CT molecular complexity index is 877. The van der Waals surface area contributed by atoms with E-state index in [1.54, 1.807) is 11.3 Å². The van der Waals surface area contributed by atoms with Gasteiger partial charge in [0.1, 0.15) is 16.7 Å². The zero-order valence-electron chi connectivity index (χ0n) is 20.2. The highest BCUT2D eigenvalue weighted by molar-refractivity contribution is 7.85. The first kappa shape index (κ1) is 26.0. The Morgan fingerprint density at radius 1 is 1.00 bits per heavy atom. The Balaban J connectivity index is 2.00. The number of rotatable bonds is 9. The molecule has 0 aliphatic heterocycles. The molecule has 0 radical (unpaired) electrons. The summed E-state index contributed by atoms with van der Waals surface area (Å²) in [5, 5.41) is 4.27. The van der Waals surface area contributed by atoms with E-state index in [0.717, 1.165) is 35.6 Å². The molecule has 1 aromatic heterocycles. The van der Waals surface area contributed by atoms with Crippen molar-refractivity contribution in [3.63, 3.8) is 0 Å². The molecule has 31 heavy (non-hydrogen) atoms. The molecule has 1 unspecified atom stereocenters. The fourth-order valence-electron chi connectivity index (χ4n) is 2.39. The summed E-state index contributed by atoms with van der Waals surface area (Å²) < 4.78 is 28.9. The molecular weight excluding hydrogens is 442 g/mol. The number of ether oxygens (including phenoxy) is 1. The Hall–Kier alpha value is -1.28. The van der Waals surface area contributed by atoms with E-state index in [4.69, 9.17) is 9.16 Å². The fraction of sp³-hybridized carbons (Fsp3) is 0.542. The Labute approximate surface area is 195 Å². The second-order valence-corrected chi connectivity index (χ2v) is 17.6. The average Bonchev–Trinajstić information content (AvgIpc) is 3.19. The van der Waals surface area contributed by atoms with E-state index in [1.165, 1.54) is 0 Å². The zero-order chi connectivity index (χ0) is 23.3. The highest BCUT2D eigenvalue weighted by Gasteiger charge is 2.36. The van der Waals surface area contributed by atoms with Crippen LogP contribution in [0.3, 0.4) is 0 Å².